The van der Waals surface area contributed by atoms with Crippen molar-refractivity contribution in [3.05, 3.63) is 73.1 Å². The average molecular weight is 457 g/mol. The zero-order valence-corrected chi connectivity index (χ0v) is 18.4. The van der Waals surface area contributed by atoms with Crippen molar-refractivity contribution in [2.24, 2.45) is 0 Å². The number of ether oxygens (including phenoxy) is 3. The number of nitrogens with zero attached hydrogens (tertiary/aromatic N) is 4. The van der Waals surface area contributed by atoms with E-state index in [-0.39, 0.29) is 24.5 Å². The molecular weight excluding hydrogens is 434 g/mol. The van der Waals surface area contributed by atoms with Crippen molar-refractivity contribution in [2.45, 2.75) is 6.10 Å². The molecule has 4 rings (SSSR count). The summed E-state index contributed by atoms with van der Waals surface area (Å²) in [6, 6.07) is 18.6. The van der Waals surface area contributed by atoms with E-state index in [1.807, 2.05) is 54.6 Å². The third-order valence-electron chi connectivity index (χ3n) is 5.19. The van der Waals surface area contributed by atoms with E-state index in [9.17, 15) is 4.79 Å². The fourth-order valence-electron chi connectivity index (χ4n) is 3.49. The highest BCUT2D eigenvalue weighted by atomic mass is 16.5. The molecule has 172 valence electrons. The number of benzene rings is 2. The van der Waals surface area contributed by atoms with Crippen LogP contribution in [0.2, 0.25) is 0 Å². The quantitative estimate of drug-likeness (QED) is 0.424. The Morgan fingerprint density at radius 3 is 2.65 bits per heavy atom. The first-order valence-electron chi connectivity index (χ1n) is 10.6. The van der Waals surface area contributed by atoms with Crippen LogP contribution in [0.1, 0.15) is 0 Å². The summed E-state index contributed by atoms with van der Waals surface area (Å²) in [7, 11) is 0. The molecule has 0 unspecified atom stereocenters. The Hall–Kier alpha value is -4.42. The monoisotopic (exact) mass is 457 g/mol. The molecule has 9 heteroatoms. The lowest BCUT2D eigenvalue weighted by atomic mass is 10.1. The van der Waals surface area contributed by atoms with Gasteiger partial charge < -0.3 is 24.8 Å². The highest BCUT2D eigenvalue weighted by molar-refractivity contribution is 5.96. The molecule has 3 aromatic rings. The second-order valence-corrected chi connectivity index (χ2v) is 7.52. The Balaban J connectivity index is 1.45. The standard InChI is InChI=1S/C25H23N5O4/c1-17(13-26)25(31)30-11-12-32-21(14-30)15-33-24-22(23(27)28-16-29-24)18-7-9-20(10-8-18)34-19-5-3-2-4-6-19/h2-10,16,21H,1,11-12,14-15H2,(H2,27,28,29)/t21-/m0/s1. The van der Waals surface area contributed by atoms with E-state index < -0.39 is 12.0 Å². The molecule has 1 aliphatic heterocycles. The van der Waals surface area contributed by atoms with Gasteiger partial charge in [-0.05, 0) is 29.8 Å². The first-order chi connectivity index (χ1) is 16.5. The summed E-state index contributed by atoms with van der Waals surface area (Å²) in [5.41, 5.74) is 7.36. The van der Waals surface area contributed by atoms with Gasteiger partial charge in [0.2, 0.25) is 5.88 Å². The normalized spacial score (nSPS) is 15.3. The number of nitrogens with two attached hydrogens (primary N) is 1. The van der Waals surface area contributed by atoms with Gasteiger partial charge in [-0.2, -0.15) is 5.26 Å². The van der Waals surface area contributed by atoms with E-state index in [2.05, 4.69) is 16.5 Å². The first-order valence-corrected chi connectivity index (χ1v) is 10.6. The number of nitriles is 1. The lowest BCUT2D eigenvalue weighted by Gasteiger charge is -2.32. The highest BCUT2D eigenvalue weighted by Gasteiger charge is 2.26. The average Bonchev–Trinajstić information content (AvgIpc) is 2.88. The Labute approximate surface area is 197 Å². The third-order valence-corrected chi connectivity index (χ3v) is 5.19. The molecule has 0 radical (unpaired) electrons. The second kappa shape index (κ2) is 10.5. The fraction of sp³-hybridized carbons (Fsp3) is 0.200. The largest absolute Gasteiger partial charge is 0.474 e. The molecule has 2 N–H and O–H groups in total. The van der Waals surface area contributed by atoms with Crippen LogP contribution in [0.3, 0.4) is 0 Å². The van der Waals surface area contributed by atoms with Crippen molar-refractivity contribution in [1.29, 1.82) is 5.26 Å². The van der Waals surface area contributed by atoms with Crippen molar-refractivity contribution >= 4 is 11.7 Å². The van der Waals surface area contributed by atoms with Crippen LogP contribution in [0.5, 0.6) is 17.4 Å². The summed E-state index contributed by atoms with van der Waals surface area (Å²) in [6.45, 7) is 4.63. The Morgan fingerprint density at radius 1 is 1.18 bits per heavy atom. The Morgan fingerprint density at radius 2 is 1.91 bits per heavy atom. The van der Waals surface area contributed by atoms with Crippen LogP contribution in [0.25, 0.3) is 11.1 Å². The molecule has 1 atom stereocenters. The molecule has 1 aliphatic rings. The van der Waals surface area contributed by atoms with Crippen LogP contribution >= 0.6 is 0 Å². The number of nitrogen functional groups attached to an aromatic ring is 1. The second-order valence-electron chi connectivity index (χ2n) is 7.52. The molecule has 1 fully saturated rings. The summed E-state index contributed by atoms with van der Waals surface area (Å²) in [5.74, 6) is 1.58. The van der Waals surface area contributed by atoms with Gasteiger partial charge in [-0.15, -0.1) is 0 Å². The molecule has 0 saturated carbocycles. The van der Waals surface area contributed by atoms with E-state index in [4.69, 9.17) is 25.2 Å². The zero-order valence-electron chi connectivity index (χ0n) is 18.4. The molecule has 1 saturated heterocycles. The first kappa shape index (κ1) is 22.8. The number of rotatable bonds is 7. The number of carbonyl (C=O) groups excluding carboxylic acids is 1. The van der Waals surface area contributed by atoms with Gasteiger partial charge in [0.25, 0.3) is 5.91 Å². The van der Waals surface area contributed by atoms with Crippen LogP contribution in [-0.2, 0) is 9.53 Å². The molecule has 2 heterocycles. The van der Waals surface area contributed by atoms with Crippen LogP contribution in [0.15, 0.2) is 73.1 Å². The van der Waals surface area contributed by atoms with Crippen LogP contribution in [0, 0.1) is 11.3 Å². The van der Waals surface area contributed by atoms with E-state index in [0.29, 0.717) is 30.3 Å². The SMILES string of the molecule is C=C(C#N)C(=O)N1CCO[C@H](COc2ncnc(N)c2-c2ccc(Oc3ccccc3)cc2)C1. The lowest BCUT2D eigenvalue weighted by Crippen LogP contribution is -2.48. The highest BCUT2D eigenvalue weighted by Crippen LogP contribution is 2.34. The number of hydrogen-bond acceptors (Lipinski definition) is 8. The predicted molar refractivity (Wildman–Crippen MR) is 125 cm³/mol. The predicted octanol–water partition coefficient (Wildman–Crippen LogP) is 3.20. The number of aromatic nitrogens is 2. The van der Waals surface area contributed by atoms with Crippen molar-refractivity contribution < 1.29 is 19.0 Å². The van der Waals surface area contributed by atoms with Gasteiger partial charge in [0.1, 0.15) is 48.0 Å². The minimum atomic E-state index is -0.402. The lowest BCUT2D eigenvalue weighted by molar-refractivity contribution is -0.135. The molecule has 34 heavy (non-hydrogen) atoms. The molecule has 1 aromatic heterocycles. The smallest absolute Gasteiger partial charge is 0.264 e. The van der Waals surface area contributed by atoms with Crippen LogP contribution in [-0.4, -0.2) is 53.2 Å². The number of carbonyl (C=O) groups is 1. The van der Waals surface area contributed by atoms with Gasteiger partial charge in [0.15, 0.2) is 0 Å². The van der Waals surface area contributed by atoms with E-state index in [1.165, 1.54) is 11.2 Å². The molecule has 2 aromatic carbocycles. The third kappa shape index (κ3) is 5.31. The summed E-state index contributed by atoms with van der Waals surface area (Å²) >= 11 is 0. The van der Waals surface area contributed by atoms with Gasteiger partial charge in [-0.1, -0.05) is 36.9 Å². The van der Waals surface area contributed by atoms with Crippen molar-refractivity contribution in [2.75, 3.05) is 32.0 Å². The van der Waals surface area contributed by atoms with Crippen LogP contribution in [0.4, 0.5) is 5.82 Å². The number of hydrogen-bond donors (Lipinski definition) is 1. The zero-order chi connectivity index (χ0) is 23.9. The summed E-state index contributed by atoms with van der Waals surface area (Å²) in [6.07, 6.45) is 0.935. The summed E-state index contributed by atoms with van der Waals surface area (Å²) in [4.78, 5) is 22.1. The minimum Gasteiger partial charge on any atom is -0.474 e. The fourth-order valence-corrected chi connectivity index (χ4v) is 3.49. The molecule has 0 spiro atoms. The molecule has 0 aliphatic carbocycles. The van der Waals surface area contributed by atoms with Gasteiger partial charge in [-0.25, -0.2) is 9.97 Å². The maximum Gasteiger partial charge on any atom is 0.264 e. The van der Waals surface area contributed by atoms with Crippen molar-refractivity contribution in [1.82, 2.24) is 14.9 Å². The van der Waals surface area contributed by atoms with Gasteiger partial charge in [0.05, 0.1) is 18.7 Å². The molecule has 1 amide bonds. The Bertz CT molecular complexity index is 1210. The molecule has 0 bridgehead atoms. The van der Waals surface area contributed by atoms with E-state index in [1.54, 1.807) is 6.07 Å². The number of anilines is 1. The maximum absolute atomic E-state index is 12.2. The van der Waals surface area contributed by atoms with Crippen LogP contribution < -0.4 is 15.2 Å². The van der Waals surface area contributed by atoms with Gasteiger partial charge >= 0.3 is 0 Å². The van der Waals surface area contributed by atoms with Crippen molar-refractivity contribution in [3.63, 3.8) is 0 Å². The Kier molecular flexibility index (Phi) is 7.01. The summed E-state index contributed by atoms with van der Waals surface area (Å²) in [5, 5.41) is 8.92. The number of morpholine rings is 1. The minimum absolute atomic E-state index is 0.105. The van der Waals surface area contributed by atoms with Crippen molar-refractivity contribution in [3.8, 4) is 34.6 Å². The topological polar surface area (TPSA) is 124 Å². The molecular formula is C25H23N5O4. The van der Waals surface area contributed by atoms with Gasteiger partial charge in [-0.3, -0.25) is 4.79 Å². The number of amides is 1. The summed E-state index contributed by atoms with van der Waals surface area (Å²) < 4.78 is 17.5. The van der Waals surface area contributed by atoms with E-state index in [0.717, 1.165) is 11.3 Å². The number of para-hydroxylation sites is 1. The van der Waals surface area contributed by atoms with Gasteiger partial charge in [0, 0.05) is 6.54 Å². The maximum atomic E-state index is 12.2. The van der Waals surface area contributed by atoms with E-state index >= 15 is 0 Å². The molecule has 9 nitrogen and oxygen atoms in total.